The minimum Gasteiger partial charge on any atom is -0.480 e. The maximum absolute atomic E-state index is 13.2. The molecule has 3 rings (SSSR count). The molecule has 0 amide bonds. The molecule has 0 saturated carbocycles. The Morgan fingerprint density at radius 2 is 2.43 bits per heavy atom. The summed E-state index contributed by atoms with van der Waals surface area (Å²) in [6.07, 6.45) is 1.67. The summed E-state index contributed by atoms with van der Waals surface area (Å²) in [7, 11) is 0. The number of hydrogen-bond donors (Lipinski definition) is 2. The van der Waals surface area contributed by atoms with E-state index in [-0.39, 0.29) is 24.0 Å². The number of anilines is 1. The SMILES string of the molecule is O=C(O)CN1CC[C@@]2(C[C@H](Nc3cccc(F)c3)CO2)C1. The summed E-state index contributed by atoms with van der Waals surface area (Å²) < 4.78 is 19.1. The number of carboxylic acids is 1. The Hall–Kier alpha value is -1.66. The van der Waals surface area contributed by atoms with Crippen molar-refractivity contribution in [3.63, 3.8) is 0 Å². The van der Waals surface area contributed by atoms with Gasteiger partial charge in [-0.25, -0.2) is 4.39 Å². The van der Waals surface area contributed by atoms with Gasteiger partial charge >= 0.3 is 5.97 Å². The number of nitrogens with zero attached hydrogens (tertiary/aromatic N) is 1. The summed E-state index contributed by atoms with van der Waals surface area (Å²) in [4.78, 5) is 12.7. The number of nitrogens with one attached hydrogen (secondary N) is 1. The number of aliphatic carboxylic acids is 1. The van der Waals surface area contributed by atoms with Crippen LogP contribution in [0.5, 0.6) is 0 Å². The Balaban J connectivity index is 1.57. The van der Waals surface area contributed by atoms with E-state index in [1.54, 1.807) is 6.07 Å². The summed E-state index contributed by atoms with van der Waals surface area (Å²) >= 11 is 0. The summed E-state index contributed by atoms with van der Waals surface area (Å²) in [5, 5.41) is 12.1. The topological polar surface area (TPSA) is 61.8 Å². The van der Waals surface area contributed by atoms with Gasteiger partial charge in [-0.2, -0.15) is 0 Å². The molecule has 114 valence electrons. The second kappa shape index (κ2) is 5.61. The predicted molar refractivity (Wildman–Crippen MR) is 75.8 cm³/mol. The summed E-state index contributed by atoms with van der Waals surface area (Å²) in [5.41, 5.74) is 0.501. The van der Waals surface area contributed by atoms with Crippen molar-refractivity contribution in [3.8, 4) is 0 Å². The van der Waals surface area contributed by atoms with Gasteiger partial charge in [0.1, 0.15) is 5.82 Å². The summed E-state index contributed by atoms with van der Waals surface area (Å²) in [5.74, 6) is -1.07. The van der Waals surface area contributed by atoms with E-state index in [0.29, 0.717) is 13.2 Å². The van der Waals surface area contributed by atoms with E-state index in [1.165, 1.54) is 12.1 Å². The van der Waals surface area contributed by atoms with Crippen molar-refractivity contribution in [2.75, 3.05) is 31.6 Å². The fourth-order valence-electron chi connectivity index (χ4n) is 3.29. The number of likely N-dealkylation sites (tertiary alicyclic amines) is 1. The van der Waals surface area contributed by atoms with E-state index in [1.807, 2.05) is 11.0 Å². The van der Waals surface area contributed by atoms with Gasteiger partial charge in [0, 0.05) is 25.2 Å². The Kier molecular flexibility index (Phi) is 3.82. The normalized spacial score (nSPS) is 29.1. The van der Waals surface area contributed by atoms with E-state index >= 15 is 0 Å². The lowest BCUT2D eigenvalue weighted by atomic mass is 9.97. The van der Waals surface area contributed by atoms with Crippen LogP contribution in [0.2, 0.25) is 0 Å². The van der Waals surface area contributed by atoms with E-state index in [0.717, 1.165) is 25.1 Å². The summed E-state index contributed by atoms with van der Waals surface area (Å²) in [6, 6.07) is 6.53. The molecule has 2 saturated heterocycles. The zero-order valence-corrected chi connectivity index (χ0v) is 11.7. The van der Waals surface area contributed by atoms with E-state index in [2.05, 4.69) is 5.32 Å². The monoisotopic (exact) mass is 294 g/mol. The molecule has 6 heteroatoms. The highest BCUT2D eigenvalue weighted by molar-refractivity contribution is 5.69. The van der Waals surface area contributed by atoms with Crippen LogP contribution < -0.4 is 5.32 Å². The molecule has 0 aromatic heterocycles. The molecule has 2 heterocycles. The third kappa shape index (κ3) is 3.33. The van der Waals surface area contributed by atoms with Crippen molar-refractivity contribution in [2.24, 2.45) is 0 Å². The van der Waals surface area contributed by atoms with Gasteiger partial charge < -0.3 is 15.2 Å². The predicted octanol–water partition coefficient (Wildman–Crippen LogP) is 1.56. The Bertz CT molecular complexity index is 539. The lowest BCUT2D eigenvalue weighted by molar-refractivity contribution is -0.138. The smallest absolute Gasteiger partial charge is 0.317 e. The first-order chi connectivity index (χ1) is 10.0. The van der Waals surface area contributed by atoms with Crippen LogP contribution in [0.15, 0.2) is 24.3 Å². The lowest BCUT2D eigenvalue weighted by Gasteiger charge is -2.23. The van der Waals surface area contributed by atoms with Crippen molar-refractivity contribution in [1.29, 1.82) is 0 Å². The van der Waals surface area contributed by atoms with Crippen molar-refractivity contribution < 1.29 is 19.0 Å². The molecule has 2 aliphatic heterocycles. The zero-order valence-electron chi connectivity index (χ0n) is 11.7. The van der Waals surface area contributed by atoms with Crippen LogP contribution in [0.25, 0.3) is 0 Å². The van der Waals surface area contributed by atoms with Crippen molar-refractivity contribution in [2.45, 2.75) is 24.5 Å². The number of hydrogen-bond acceptors (Lipinski definition) is 4. The molecule has 1 aromatic carbocycles. The van der Waals surface area contributed by atoms with Gasteiger partial charge in [-0.05, 0) is 24.6 Å². The van der Waals surface area contributed by atoms with Gasteiger partial charge in [-0.3, -0.25) is 9.69 Å². The van der Waals surface area contributed by atoms with Crippen LogP contribution in [-0.4, -0.2) is 53.9 Å². The molecule has 2 N–H and O–H groups in total. The van der Waals surface area contributed by atoms with E-state index in [4.69, 9.17) is 9.84 Å². The highest BCUT2D eigenvalue weighted by Gasteiger charge is 2.45. The molecule has 2 atom stereocenters. The average molecular weight is 294 g/mol. The van der Waals surface area contributed by atoms with E-state index in [9.17, 15) is 9.18 Å². The van der Waals surface area contributed by atoms with Crippen molar-refractivity contribution >= 4 is 11.7 Å². The maximum Gasteiger partial charge on any atom is 0.317 e. The van der Waals surface area contributed by atoms with E-state index < -0.39 is 5.97 Å². The minimum atomic E-state index is -0.806. The molecular weight excluding hydrogens is 275 g/mol. The van der Waals surface area contributed by atoms with Crippen LogP contribution >= 0.6 is 0 Å². The third-order valence-corrected chi connectivity index (χ3v) is 4.16. The molecule has 1 spiro atoms. The third-order valence-electron chi connectivity index (χ3n) is 4.16. The van der Waals surface area contributed by atoms with Gasteiger partial charge in [0.25, 0.3) is 0 Å². The minimum absolute atomic E-state index is 0.0626. The van der Waals surface area contributed by atoms with Crippen molar-refractivity contribution in [1.82, 2.24) is 4.90 Å². The molecule has 0 unspecified atom stereocenters. The van der Waals surface area contributed by atoms with Crippen LogP contribution in [0.3, 0.4) is 0 Å². The largest absolute Gasteiger partial charge is 0.480 e. The fourth-order valence-corrected chi connectivity index (χ4v) is 3.29. The second-order valence-corrected chi connectivity index (χ2v) is 5.90. The molecular formula is C15H19FN2O3. The Labute approximate surface area is 122 Å². The molecule has 0 bridgehead atoms. The summed E-state index contributed by atoms with van der Waals surface area (Å²) in [6.45, 7) is 2.03. The quantitative estimate of drug-likeness (QED) is 0.882. The molecule has 21 heavy (non-hydrogen) atoms. The highest BCUT2D eigenvalue weighted by atomic mass is 19.1. The molecule has 5 nitrogen and oxygen atoms in total. The molecule has 0 aliphatic carbocycles. The van der Waals surface area contributed by atoms with Crippen LogP contribution in [-0.2, 0) is 9.53 Å². The molecule has 2 aliphatic rings. The fraction of sp³-hybridized carbons (Fsp3) is 0.533. The lowest BCUT2D eigenvalue weighted by Crippen LogP contribution is -2.35. The van der Waals surface area contributed by atoms with Crippen LogP contribution in [0.1, 0.15) is 12.8 Å². The number of rotatable bonds is 4. The average Bonchev–Trinajstić information content (AvgIpc) is 2.97. The van der Waals surface area contributed by atoms with Crippen LogP contribution in [0, 0.1) is 5.82 Å². The zero-order chi connectivity index (χ0) is 14.9. The Morgan fingerprint density at radius 1 is 1.57 bits per heavy atom. The first kappa shape index (κ1) is 14.3. The first-order valence-corrected chi connectivity index (χ1v) is 7.15. The number of carboxylic acid groups (broad SMARTS) is 1. The number of halogens is 1. The van der Waals surface area contributed by atoms with Gasteiger partial charge in [-0.1, -0.05) is 6.07 Å². The Morgan fingerprint density at radius 3 is 3.19 bits per heavy atom. The highest BCUT2D eigenvalue weighted by Crippen LogP contribution is 2.36. The van der Waals surface area contributed by atoms with Gasteiger partial charge in [0.05, 0.1) is 24.8 Å². The maximum atomic E-state index is 13.2. The van der Waals surface area contributed by atoms with Gasteiger partial charge in [0.2, 0.25) is 0 Å². The second-order valence-electron chi connectivity index (χ2n) is 5.90. The molecule has 0 radical (unpaired) electrons. The molecule has 1 aromatic rings. The van der Waals surface area contributed by atoms with Crippen molar-refractivity contribution in [3.05, 3.63) is 30.1 Å². The van der Waals surface area contributed by atoms with Gasteiger partial charge in [0.15, 0.2) is 0 Å². The number of carbonyl (C=O) groups is 1. The van der Waals surface area contributed by atoms with Crippen LogP contribution in [0.4, 0.5) is 10.1 Å². The van der Waals surface area contributed by atoms with Gasteiger partial charge in [-0.15, -0.1) is 0 Å². The standard InChI is InChI=1S/C15H19FN2O3/c16-11-2-1-3-12(6-11)17-13-7-15(21-9-13)4-5-18(10-15)8-14(19)20/h1-3,6,13,17H,4-5,7-10H2,(H,19,20)/t13-,15+/m0/s1. The number of benzene rings is 1. The first-order valence-electron chi connectivity index (χ1n) is 7.15. The molecule has 2 fully saturated rings. The number of ether oxygens (including phenoxy) is 1.